The van der Waals surface area contributed by atoms with Crippen LogP contribution in [-0.4, -0.2) is 35.8 Å². The highest BCUT2D eigenvalue weighted by molar-refractivity contribution is 5.81. The van der Waals surface area contributed by atoms with Crippen LogP contribution in [0.15, 0.2) is 48.8 Å². The Morgan fingerprint density at radius 3 is 2.35 bits per heavy atom. The molecule has 1 aromatic heterocycles. The van der Waals surface area contributed by atoms with Crippen molar-refractivity contribution in [1.29, 1.82) is 0 Å². The van der Waals surface area contributed by atoms with Gasteiger partial charge in [0.1, 0.15) is 11.6 Å². The zero-order valence-corrected chi connectivity index (χ0v) is 15.5. The van der Waals surface area contributed by atoms with Gasteiger partial charge in [-0.1, -0.05) is 30.3 Å². The number of rotatable bonds is 5. The molecule has 2 aromatic rings. The van der Waals surface area contributed by atoms with Crippen molar-refractivity contribution in [2.75, 3.05) is 7.11 Å². The molecule has 2 rings (SSSR count). The molecule has 1 N–H and O–H groups in total. The topological polar surface area (TPSA) is 77.5 Å². The standard InChI is InChI=1S/C20H24N2O4/c1-20(2,3)26-19(24)22-17(18(23)25-4)12-14-7-9-15(10-8-14)16-6-5-11-21-13-16/h5-11,13,17H,12H2,1-4H3,(H,22,24)/t17-/m0/s1. The number of amides is 1. The van der Waals surface area contributed by atoms with E-state index in [4.69, 9.17) is 9.47 Å². The Kier molecular flexibility index (Phi) is 6.33. The number of hydrogen-bond donors (Lipinski definition) is 1. The van der Waals surface area contributed by atoms with Gasteiger partial charge in [-0.25, -0.2) is 9.59 Å². The lowest BCUT2D eigenvalue weighted by Gasteiger charge is -2.22. The van der Waals surface area contributed by atoms with Crippen molar-refractivity contribution < 1.29 is 19.1 Å². The maximum atomic E-state index is 12.0. The first-order valence-corrected chi connectivity index (χ1v) is 8.35. The van der Waals surface area contributed by atoms with Crippen LogP contribution in [0.1, 0.15) is 26.3 Å². The van der Waals surface area contributed by atoms with Crippen molar-refractivity contribution >= 4 is 12.1 Å². The van der Waals surface area contributed by atoms with Crippen LogP contribution in [0, 0.1) is 0 Å². The van der Waals surface area contributed by atoms with Crippen LogP contribution in [0.25, 0.3) is 11.1 Å². The number of hydrogen-bond acceptors (Lipinski definition) is 5. The SMILES string of the molecule is COC(=O)[C@H](Cc1ccc(-c2cccnc2)cc1)NC(=O)OC(C)(C)C. The fourth-order valence-electron chi connectivity index (χ4n) is 2.39. The van der Waals surface area contributed by atoms with Gasteiger partial charge in [-0.15, -0.1) is 0 Å². The molecule has 0 radical (unpaired) electrons. The number of methoxy groups -OCH3 is 1. The number of aromatic nitrogens is 1. The van der Waals surface area contributed by atoms with E-state index in [1.54, 1.807) is 33.2 Å². The van der Waals surface area contributed by atoms with E-state index in [-0.39, 0.29) is 0 Å². The largest absolute Gasteiger partial charge is 0.467 e. The molecule has 6 heteroatoms. The minimum absolute atomic E-state index is 0.305. The summed E-state index contributed by atoms with van der Waals surface area (Å²) in [5.74, 6) is -0.521. The molecule has 0 saturated heterocycles. The second-order valence-corrected chi connectivity index (χ2v) is 6.86. The van der Waals surface area contributed by atoms with Gasteiger partial charge >= 0.3 is 12.1 Å². The lowest BCUT2D eigenvalue weighted by Crippen LogP contribution is -2.45. The summed E-state index contributed by atoms with van der Waals surface area (Å²) in [5.41, 5.74) is 2.28. The van der Waals surface area contributed by atoms with Gasteiger partial charge in [-0.05, 0) is 43.5 Å². The van der Waals surface area contributed by atoms with E-state index in [0.29, 0.717) is 6.42 Å². The van der Waals surface area contributed by atoms with Crippen LogP contribution >= 0.6 is 0 Å². The van der Waals surface area contributed by atoms with Crippen LogP contribution in [0.2, 0.25) is 0 Å². The molecule has 0 saturated carbocycles. The number of carbonyl (C=O) groups is 2. The fraction of sp³-hybridized carbons (Fsp3) is 0.350. The minimum atomic E-state index is -0.820. The zero-order chi connectivity index (χ0) is 19.2. The van der Waals surface area contributed by atoms with E-state index >= 15 is 0 Å². The molecule has 1 amide bonds. The maximum Gasteiger partial charge on any atom is 0.408 e. The molecule has 1 heterocycles. The average molecular weight is 356 g/mol. The van der Waals surface area contributed by atoms with Gasteiger partial charge < -0.3 is 14.8 Å². The molecule has 6 nitrogen and oxygen atoms in total. The fourth-order valence-corrected chi connectivity index (χ4v) is 2.39. The zero-order valence-electron chi connectivity index (χ0n) is 15.5. The molecular formula is C20H24N2O4. The number of nitrogens with one attached hydrogen (secondary N) is 1. The van der Waals surface area contributed by atoms with Crippen molar-refractivity contribution in [2.24, 2.45) is 0 Å². The van der Waals surface area contributed by atoms with E-state index < -0.39 is 23.7 Å². The Bertz CT molecular complexity index is 737. The average Bonchev–Trinajstić information content (AvgIpc) is 2.60. The summed E-state index contributed by atoms with van der Waals surface area (Å²) in [7, 11) is 1.29. The highest BCUT2D eigenvalue weighted by Crippen LogP contribution is 2.19. The first-order chi connectivity index (χ1) is 12.3. The highest BCUT2D eigenvalue weighted by Gasteiger charge is 2.25. The number of nitrogens with zero attached hydrogens (tertiary/aromatic N) is 1. The third-order valence-electron chi connectivity index (χ3n) is 3.57. The molecule has 0 aliphatic heterocycles. The normalized spacial score (nSPS) is 12.2. The first-order valence-electron chi connectivity index (χ1n) is 8.35. The number of pyridine rings is 1. The quantitative estimate of drug-likeness (QED) is 0.831. The van der Waals surface area contributed by atoms with Crippen LogP contribution in [0.4, 0.5) is 4.79 Å². The number of ether oxygens (including phenoxy) is 2. The van der Waals surface area contributed by atoms with Gasteiger partial charge in [-0.3, -0.25) is 4.98 Å². The summed E-state index contributed by atoms with van der Waals surface area (Å²) in [6.45, 7) is 5.28. The summed E-state index contributed by atoms with van der Waals surface area (Å²) in [5, 5.41) is 2.57. The lowest BCUT2D eigenvalue weighted by molar-refractivity contribution is -0.143. The Morgan fingerprint density at radius 2 is 1.81 bits per heavy atom. The first kappa shape index (κ1) is 19.4. The monoisotopic (exact) mass is 356 g/mol. The van der Waals surface area contributed by atoms with Crippen molar-refractivity contribution in [3.8, 4) is 11.1 Å². The van der Waals surface area contributed by atoms with Crippen LogP contribution < -0.4 is 5.32 Å². The molecule has 26 heavy (non-hydrogen) atoms. The summed E-state index contributed by atoms with van der Waals surface area (Å²) < 4.78 is 10.0. The van der Waals surface area contributed by atoms with E-state index in [1.807, 2.05) is 36.4 Å². The molecule has 0 aliphatic rings. The second-order valence-electron chi connectivity index (χ2n) is 6.86. The molecule has 0 bridgehead atoms. The Labute approximate surface area is 153 Å². The third-order valence-corrected chi connectivity index (χ3v) is 3.57. The number of alkyl carbamates (subject to hydrolysis) is 1. The Morgan fingerprint density at radius 1 is 1.12 bits per heavy atom. The van der Waals surface area contributed by atoms with Gasteiger partial charge in [0.25, 0.3) is 0 Å². The van der Waals surface area contributed by atoms with Crippen molar-refractivity contribution in [3.05, 3.63) is 54.4 Å². The van der Waals surface area contributed by atoms with Gasteiger partial charge in [0.2, 0.25) is 0 Å². The predicted octanol–water partition coefficient (Wildman–Crippen LogP) is 3.36. The van der Waals surface area contributed by atoms with Crippen molar-refractivity contribution in [1.82, 2.24) is 10.3 Å². The predicted molar refractivity (Wildman–Crippen MR) is 98.6 cm³/mol. The second kappa shape index (κ2) is 8.47. The molecule has 0 fully saturated rings. The number of benzene rings is 1. The molecule has 1 atom stereocenters. The van der Waals surface area contributed by atoms with Gasteiger partial charge in [0, 0.05) is 18.8 Å². The van der Waals surface area contributed by atoms with Crippen LogP contribution in [0.5, 0.6) is 0 Å². The molecule has 1 aromatic carbocycles. The van der Waals surface area contributed by atoms with E-state index in [2.05, 4.69) is 10.3 Å². The smallest absolute Gasteiger partial charge is 0.408 e. The van der Waals surface area contributed by atoms with Crippen molar-refractivity contribution in [3.63, 3.8) is 0 Å². The van der Waals surface area contributed by atoms with Crippen LogP contribution in [-0.2, 0) is 20.7 Å². The molecule has 0 spiro atoms. The molecule has 138 valence electrons. The van der Waals surface area contributed by atoms with E-state index in [1.165, 1.54) is 7.11 Å². The van der Waals surface area contributed by atoms with E-state index in [0.717, 1.165) is 16.7 Å². The number of carbonyl (C=O) groups excluding carboxylic acids is 2. The minimum Gasteiger partial charge on any atom is -0.467 e. The summed E-state index contributed by atoms with van der Waals surface area (Å²) in [4.78, 5) is 28.1. The van der Waals surface area contributed by atoms with Crippen molar-refractivity contribution in [2.45, 2.75) is 38.8 Å². The molecule has 0 unspecified atom stereocenters. The number of esters is 1. The van der Waals surface area contributed by atoms with Crippen LogP contribution in [0.3, 0.4) is 0 Å². The maximum absolute atomic E-state index is 12.0. The van der Waals surface area contributed by atoms with Gasteiger partial charge in [0.05, 0.1) is 7.11 Å². The lowest BCUT2D eigenvalue weighted by atomic mass is 10.0. The van der Waals surface area contributed by atoms with Gasteiger partial charge in [-0.2, -0.15) is 0 Å². The summed E-state index contributed by atoms with van der Waals surface area (Å²) >= 11 is 0. The van der Waals surface area contributed by atoms with E-state index in [9.17, 15) is 9.59 Å². The van der Waals surface area contributed by atoms with Gasteiger partial charge in [0.15, 0.2) is 0 Å². The summed E-state index contributed by atoms with van der Waals surface area (Å²) in [6.07, 6.45) is 3.16. The Balaban J connectivity index is 2.08. The third kappa shape index (κ3) is 5.88. The summed E-state index contributed by atoms with van der Waals surface area (Å²) in [6, 6.07) is 10.8. The molecular weight excluding hydrogens is 332 g/mol. The Hall–Kier alpha value is -2.89. The molecule has 0 aliphatic carbocycles. The highest BCUT2D eigenvalue weighted by atomic mass is 16.6.